The molecule has 1 aromatic rings. The van der Waals surface area contributed by atoms with E-state index in [1.807, 2.05) is 12.1 Å². The normalized spacial score (nSPS) is 35.4. The third-order valence-electron chi connectivity index (χ3n) is 4.72. The van der Waals surface area contributed by atoms with Crippen molar-refractivity contribution in [2.24, 2.45) is 5.92 Å². The van der Waals surface area contributed by atoms with Crippen molar-refractivity contribution in [3.63, 3.8) is 0 Å². The van der Waals surface area contributed by atoms with E-state index in [0.717, 1.165) is 11.4 Å². The van der Waals surface area contributed by atoms with E-state index < -0.39 is 0 Å². The molecule has 4 atom stereocenters. The van der Waals surface area contributed by atoms with E-state index in [2.05, 4.69) is 30.1 Å². The van der Waals surface area contributed by atoms with Crippen LogP contribution in [-0.4, -0.2) is 24.0 Å². The van der Waals surface area contributed by atoms with Gasteiger partial charge in [0.25, 0.3) is 0 Å². The lowest BCUT2D eigenvalue weighted by atomic mass is 9.77. The van der Waals surface area contributed by atoms with Crippen LogP contribution in [0.2, 0.25) is 5.02 Å². The summed E-state index contributed by atoms with van der Waals surface area (Å²) < 4.78 is 0. The molecule has 0 radical (unpaired) electrons. The zero-order valence-electron chi connectivity index (χ0n) is 10.5. The van der Waals surface area contributed by atoms with E-state index in [1.54, 1.807) is 0 Å². The molecule has 2 aliphatic heterocycles. The molecule has 0 aliphatic carbocycles. The van der Waals surface area contributed by atoms with Crippen molar-refractivity contribution in [3.05, 3.63) is 34.9 Å². The second kappa shape index (κ2) is 4.57. The van der Waals surface area contributed by atoms with Gasteiger partial charge in [-0.05, 0) is 44.0 Å². The molecule has 0 amide bonds. The monoisotopic (exact) mass is 260 g/mol. The van der Waals surface area contributed by atoms with E-state index >= 15 is 0 Å². The number of hydrogen-bond acceptors (Lipinski definition) is 2. The molecule has 4 unspecified atom stereocenters. The summed E-state index contributed by atoms with van der Waals surface area (Å²) in [6, 6.07) is 11.7. The molecule has 0 N–H and O–H groups in total. The van der Waals surface area contributed by atoms with E-state index in [-0.39, 0.29) is 5.92 Å². The Kier molecular flexibility index (Phi) is 3.05. The van der Waals surface area contributed by atoms with Gasteiger partial charge in [0.2, 0.25) is 0 Å². The van der Waals surface area contributed by atoms with Gasteiger partial charge in [-0.25, -0.2) is 0 Å². The fourth-order valence-corrected chi connectivity index (χ4v) is 3.82. The highest BCUT2D eigenvalue weighted by molar-refractivity contribution is 6.30. The van der Waals surface area contributed by atoms with Crippen LogP contribution >= 0.6 is 11.6 Å². The SMILES string of the molecule is CN1C2CCC1C(C#N)C(c1ccc(Cl)cc1)C2. The van der Waals surface area contributed by atoms with Crippen molar-refractivity contribution >= 4 is 11.6 Å². The number of benzene rings is 1. The highest BCUT2D eigenvalue weighted by atomic mass is 35.5. The number of hydrogen-bond donors (Lipinski definition) is 0. The molecule has 2 heterocycles. The van der Waals surface area contributed by atoms with Crippen molar-refractivity contribution in [1.82, 2.24) is 4.90 Å². The Morgan fingerprint density at radius 3 is 2.67 bits per heavy atom. The number of piperidine rings is 1. The molecule has 2 nitrogen and oxygen atoms in total. The standard InChI is InChI=1S/C15H17ClN2/c1-18-12-6-7-15(18)14(9-17)13(8-12)10-2-4-11(16)5-3-10/h2-5,12-15H,6-8H2,1H3. The molecular formula is C15H17ClN2. The van der Waals surface area contributed by atoms with Crippen molar-refractivity contribution in [2.45, 2.75) is 37.3 Å². The molecule has 94 valence electrons. The van der Waals surface area contributed by atoms with Gasteiger partial charge < -0.3 is 0 Å². The Labute approximate surface area is 113 Å². The summed E-state index contributed by atoms with van der Waals surface area (Å²) in [5, 5.41) is 10.3. The zero-order valence-corrected chi connectivity index (χ0v) is 11.3. The molecule has 2 bridgehead atoms. The van der Waals surface area contributed by atoms with Gasteiger partial charge in [-0.3, -0.25) is 4.90 Å². The fraction of sp³-hybridized carbons (Fsp3) is 0.533. The maximum absolute atomic E-state index is 9.51. The van der Waals surface area contributed by atoms with E-state index in [1.165, 1.54) is 18.4 Å². The molecular weight excluding hydrogens is 244 g/mol. The minimum Gasteiger partial charge on any atom is -0.299 e. The van der Waals surface area contributed by atoms with Gasteiger partial charge in [-0.2, -0.15) is 5.26 Å². The molecule has 2 aliphatic rings. The smallest absolute Gasteiger partial charge is 0.0687 e. The minimum absolute atomic E-state index is 0.120. The van der Waals surface area contributed by atoms with E-state index in [9.17, 15) is 5.26 Å². The largest absolute Gasteiger partial charge is 0.299 e. The van der Waals surface area contributed by atoms with Crippen molar-refractivity contribution < 1.29 is 0 Å². The van der Waals surface area contributed by atoms with Crippen LogP contribution in [0.5, 0.6) is 0 Å². The van der Waals surface area contributed by atoms with Gasteiger partial charge in [-0.1, -0.05) is 23.7 Å². The summed E-state index contributed by atoms with van der Waals surface area (Å²) in [4.78, 5) is 2.42. The summed E-state index contributed by atoms with van der Waals surface area (Å²) in [6.07, 6.45) is 3.51. The quantitative estimate of drug-likeness (QED) is 0.774. The van der Waals surface area contributed by atoms with Crippen LogP contribution in [0.25, 0.3) is 0 Å². The van der Waals surface area contributed by atoms with Crippen LogP contribution in [0, 0.1) is 17.2 Å². The van der Waals surface area contributed by atoms with Gasteiger partial charge in [0.15, 0.2) is 0 Å². The van der Waals surface area contributed by atoms with Crippen molar-refractivity contribution in [3.8, 4) is 6.07 Å². The number of nitrogens with zero attached hydrogens (tertiary/aromatic N) is 2. The summed E-state index contributed by atoms with van der Waals surface area (Å²) in [5.74, 6) is 0.496. The molecule has 18 heavy (non-hydrogen) atoms. The van der Waals surface area contributed by atoms with Crippen molar-refractivity contribution in [2.75, 3.05) is 7.05 Å². The van der Waals surface area contributed by atoms with Crippen LogP contribution in [-0.2, 0) is 0 Å². The molecule has 0 spiro atoms. The Morgan fingerprint density at radius 2 is 2.00 bits per heavy atom. The first-order valence-electron chi connectivity index (χ1n) is 6.57. The Morgan fingerprint density at radius 1 is 1.28 bits per heavy atom. The Hall–Kier alpha value is -1.04. The topological polar surface area (TPSA) is 27.0 Å². The third-order valence-corrected chi connectivity index (χ3v) is 4.97. The number of fused-ring (bicyclic) bond motifs is 2. The fourth-order valence-electron chi connectivity index (χ4n) is 3.70. The molecule has 2 fully saturated rings. The maximum atomic E-state index is 9.51. The molecule has 2 saturated heterocycles. The predicted octanol–water partition coefficient (Wildman–Crippen LogP) is 3.43. The van der Waals surface area contributed by atoms with Gasteiger partial charge >= 0.3 is 0 Å². The first kappa shape index (κ1) is 12.0. The number of nitriles is 1. The third kappa shape index (κ3) is 1.83. The van der Waals surface area contributed by atoms with Crippen molar-refractivity contribution in [1.29, 1.82) is 5.26 Å². The van der Waals surface area contributed by atoms with Gasteiger partial charge in [-0.15, -0.1) is 0 Å². The summed E-state index contributed by atoms with van der Waals surface area (Å²) >= 11 is 5.94. The average Bonchev–Trinajstić information content (AvgIpc) is 2.63. The molecule has 0 saturated carbocycles. The second-order valence-corrected chi connectivity index (χ2v) is 5.95. The summed E-state index contributed by atoms with van der Waals surface area (Å²) in [5.41, 5.74) is 1.27. The summed E-state index contributed by atoms with van der Waals surface area (Å²) in [7, 11) is 2.17. The van der Waals surface area contributed by atoms with Crippen LogP contribution in [0.1, 0.15) is 30.7 Å². The summed E-state index contributed by atoms with van der Waals surface area (Å²) in [6.45, 7) is 0. The number of halogens is 1. The first-order valence-corrected chi connectivity index (χ1v) is 6.95. The number of rotatable bonds is 1. The van der Waals surface area contributed by atoms with Crippen LogP contribution < -0.4 is 0 Å². The predicted molar refractivity (Wildman–Crippen MR) is 72.5 cm³/mol. The Balaban J connectivity index is 1.93. The molecule has 3 heteroatoms. The molecule has 3 rings (SSSR count). The zero-order chi connectivity index (χ0) is 12.7. The highest BCUT2D eigenvalue weighted by Gasteiger charge is 2.45. The lowest BCUT2D eigenvalue weighted by Crippen LogP contribution is -2.45. The lowest BCUT2D eigenvalue weighted by Gasteiger charge is -2.40. The second-order valence-electron chi connectivity index (χ2n) is 5.51. The van der Waals surface area contributed by atoms with Gasteiger partial charge in [0, 0.05) is 23.0 Å². The van der Waals surface area contributed by atoms with Crippen LogP contribution in [0.15, 0.2) is 24.3 Å². The minimum atomic E-state index is 0.120. The first-order chi connectivity index (χ1) is 8.70. The van der Waals surface area contributed by atoms with Gasteiger partial charge in [0.1, 0.15) is 0 Å². The Bertz CT molecular complexity index is 476. The molecule has 1 aromatic carbocycles. The van der Waals surface area contributed by atoms with Crippen LogP contribution in [0.4, 0.5) is 0 Å². The van der Waals surface area contributed by atoms with E-state index in [4.69, 9.17) is 11.6 Å². The van der Waals surface area contributed by atoms with Gasteiger partial charge in [0.05, 0.1) is 12.0 Å². The van der Waals surface area contributed by atoms with Crippen LogP contribution in [0.3, 0.4) is 0 Å². The average molecular weight is 261 g/mol. The lowest BCUT2D eigenvalue weighted by molar-refractivity contribution is 0.127. The maximum Gasteiger partial charge on any atom is 0.0687 e. The molecule has 0 aromatic heterocycles. The highest BCUT2D eigenvalue weighted by Crippen LogP contribution is 2.45. The van der Waals surface area contributed by atoms with E-state index in [0.29, 0.717) is 18.0 Å².